The van der Waals surface area contributed by atoms with E-state index in [2.05, 4.69) is 4.98 Å². The highest BCUT2D eigenvalue weighted by atomic mass is 32.1. The molecule has 2 nitrogen and oxygen atoms in total. The van der Waals surface area contributed by atoms with Crippen LogP contribution in [-0.4, -0.2) is 4.98 Å². The van der Waals surface area contributed by atoms with Crippen molar-refractivity contribution in [2.45, 2.75) is 13.8 Å². The van der Waals surface area contributed by atoms with E-state index in [0.717, 1.165) is 15.8 Å². The lowest BCUT2D eigenvalue weighted by Crippen LogP contribution is -1.98. The molecule has 0 aliphatic rings. The molecule has 2 aromatic rings. The lowest BCUT2D eigenvalue weighted by atomic mass is 10.2. The van der Waals surface area contributed by atoms with E-state index in [1.807, 2.05) is 13.8 Å². The first-order chi connectivity index (χ1) is 5.70. The van der Waals surface area contributed by atoms with Gasteiger partial charge in [-0.1, -0.05) is 0 Å². The van der Waals surface area contributed by atoms with E-state index in [4.69, 9.17) is 0 Å². The number of hydrogen-bond acceptors (Lipinski definition) is 2. The van der Waals surface area contributed by atoms with Crippen LogP contribution in [0.5, 0.6) is 0 Å². The topological polar surface area (TPSA) is 32.9 Å². The zero-order valence-electron chi connectivity index (χ0n) is 6.97. The molecular weight excluding hydrogens is 170 g/mol. The Balaban J connectivity index is 3.07. The molecule has 0 bridgehead atoms. The van der Waals surface area contributed by atoms with Crippen LogP contribution in [0.4, 0.5) is 0 Å². The van der Waals surface area contributed by atoms with Crippen LogP contribution in [0, 0.1) is 13.8 Å². The van der Waals surface area contributed by atoms with E-state index in [1.165, 1.54) is 4.88 Å². The monoisotopic (exact) mass is 179 g/mol. The van der Waals surface area contributed by atoms with Gasteiger partial charge in [0.2, 0.25) is 0 Å². The minimum absolute atomic E-state index is 0.116. The Morgan fingerprint density at radius 3 is 2.83 bits per heavy atom. The van der Waals surface area contributed by atoms with Crippen molar-refractivity contribution in [2.75, 3.05) is 0 Å². The first-order valence-corrected chi connectivity index (χ1v) is 4.59. The molecule has 0 radical (unpaired) electrons. The molecular formula is C9H9NOS. The Hall–Kier alpha value is -1.09. The number of aromatic amines is 1. The summed E-state index contributed by atoms with van der Waals surface area (Å²) >= 11 is 1.64. The molecule has 2 rings (SSSR count). The van der Waals surface area contributed by atoms with Crippen molar-refractivity contribution in [3.05, 3.63) is 32.9 Å². The van der Waals surface area contributed by atoms with E-state index >= 15 is 0 Å². The molecule has 2 aromatic heterocycles. The molecule has 0 aliphatic heterocycles. The van der Waals surface area contributed by atoms with Gasteiger partial charge in [0.05, 0.1) is 5.39 Å². The number of H-pyrrole nitrogens is 1. The Labute approximate surface area is 73.9 Å². The largest absolute Gasteiger partial charge is 0.353 e. The number of nitrogens with one attached hydrogen (secondary N) is 1. The second-order valence-corrected chi connectivity index (χ2v) is 4.05. The number of fused-ring (bicyclic) bond motifs is 1. The molecule has 0 unspecified atom stereocenters. The van der Waals surface area contributed by atoms with E-state index < -0.39 is 0 Å². The maximum absolute atomic E-state index is 11.4. The lowest BCUT2D eigenvalue weighted by molar-refractivity contribution is 1.40. The predicted molar refractivity (Wildman–Crippen MR) is 51.9 cm³/mol. The zero-order valence-corrected chi connectivity index (χ0v) is 7.79. The number of hydrogen-bond donors (Lipinski definition) is 1. The summed E-state index contributed by atoms with van der Waals surface area (Å²) in [5.74, 6) is 0. The maximum atomic E-state index is 11.4. The van der Waals surface area contributed by atoms with E-state index in [1.54, 1.807) is 23.6 Å². The fourth-order valence-electron chi connectivity index (χ4n) is 1.30. The van der Waals surface area contributed by atoms with Crippen molar-refractivity contribution < 1.29 is 0 Å². The minimum atomic E-state index is 0.116. The van der Waals surface area contributed by atoms with Gasteiger partial charge in [0.25, 0.3) is 0 Å². The summed E-state index contributed by atoms with van der Waals surface area (Å²) in [6.07, 6.45) is 1.69. The third kappa shape index (κ3) is 0.898. The van der Waals surface area contributed by atoms with Crippen LogP contribution < -0.4 is 5.43 Å². The molecule has 12 heavy (non-hydrogen) atoms. The van der Waals surface area contributed by atoms with Crippen molar-refractivity contribution in [1.82, 2.24) is 4.98 Å². The average molecular weight is 179 g/mol. The van der Waals surface area contributed by atoms with Crippen LogP contribution >= 0.6 is 11.3 Å². The van der Waals surface area contributed by atoms with E-state index in [0.29, 0.717) is 0 Å². The van der Waals surface area contributed by atoms with Crippen molar-refractivity contribution in [1.29, 1.82) is 0 Å². The summed E-state index contributed by atoms with van der Waals surface area (Å²) in [5.41, 5.74) is 1.22. The predicted octanol–water partition coefficient (Wildman–Crippen LogP) is 2.21. The molecule has 0 amide bonds. The summed E-state index contributed by atoms with van der Waals surface area (Å²) in [5, 5.41) is 0.847. The number of pyridine rings is 1. The van der Waals surface area contributed by atoms with Gasteiger partial charge in [-0.2, -0.15) is 0 Å². The van der Waals surface area contributed by atoms with Gasteiger partial charge in [-0.25, -0.2) is 0 Å². The van der Waals surface area contributed by atoms with Gasteiger partial charge in [-0.05, 0) is 19.4 Å². The first-order valence-electron chi connectivity index (χ1n) is 3.77. The number of aromatic nitrogens is 1. The van der Waals surface area contributed by atoms with Gasteiger partial charge in [-0.15, -0.1) is 11.3 Å². The summed E-state index contributed by atoms with van der Waals surface area (Å²) in [4.78, 5) is 16.7. The summed E-state index contributed by atoms with van der Waals surface area (Å²) in [7, 11) is 0. The van der Waals surface area contributed by atoms with Gasteiger partial charge >= 0.3 is 0 Å². The second-order valence-electron chi connectivity index (χ2n) is 2.83. The Morgan fingerprint density at radius 2 is 2.17 bits per heavy atom. The van der Waals surface area contributed by atoms with Gasteiger partial charge in [-0.3, -0.25) is 4.79 Å². The molecule has 62 valence electrons. The fraction of sp³-hybridized carbons (Fsp3) is 0.222. The second kappa shape index (κ2) is 2.45. The van der Waals surface area contributed by atoms with Crippen LogP contribution in [0.15, 0.2) is 17.1 Å². The molecule has 0 aliphatic carbocycles. The third-order valence-corrected chi connectivity index (χ3v) is 3.22. The van der Waals surface area contributed by atoms with E-state index in [9.17, 15) is 4.79 Å². The van der Waals surface area contributed by atoms with Gasteiger partial charge in [0.15, 0.2) is 5.43 Å². The van der Waals surface area contributed by atoms with Crippen LogP contribution in [0.2, 0.25) is 0 Å². The SMILES string of the molecule is Cc1sc2[nH]ccc(=O)c2c1C. The van der Waals surface area contributed by atoms with Crippen LogP contribution in [-0.2, 0) is 0 Å². The van der Waals surface area contributed by atoms with Crippen LogP contribution in [0.25, 0.3) is 10.2 Å². The van der Waals surface area contributed by atoms with Crippen molar-refractivity contribution in [3.8, 4) is 0 Å². The highest BCUT2D eigenvalue weighted by Crippen LogP contribution is 2.25. The minimum Gasteiger partial charge on any atom is -0.353 e. The number of thiophene rings is 1. The maximum Gasteiger partial charge on any atom is 0.190 e. The lowest BCUT2D eigenvalue weighted by Gasteiger charge is -1.88. The first kappa shape index (κ1) is 7.55. The molecule has 2 heterocycles. The number of aryl methyl sites for hydroxylation is 2. The molecule has 1 N–H and O–H groups in total. The standard InChI is InChI=1S/C9H9NOS/c1-5-6(2)12-9-8(5)7(11)3-4-10-9/h3-4H,1-2H3,(H,10,11). The zero-order chi connectivity index (χ0) is 8.72. The molecule has 0 spiro atoms. The fourth-order valence-corrected chi connectivity index (χ4v) is 2.35. The van der Waals surface area contributed by atoms with Crippen molar-refractivity contribution in [2.24, 2.45) is 0 Å². The quantitative estimate of drug-likeness (QED) is 0.660. The highest BCUT2D eigenvalue weighted by molar-refractivity contribution is 7.18. The number of rotatable bonds is 0. The van der Waals surface area contributed by atoms with Crippen LogP contribution in [0.3, 0.4) is 0 Å². The Bertz CT molecular complexity index is 481. The van der Waals surface area contributed by atoms with Crippen molar-refractivity contribution >= 4 is 21.6 Å². The normalized spacial score (nSPS) is 10.8. The molecule has 3 heteroatoms. The van der Waals surface area contributed by atoms with Crippen molar-refractivity contribution in [3.63, 3.8) is 0 Å². The Kier molecular flexibility index (Phi) is 1.54. The molecule has 0 saturated carbocycles. The smallest absolute Gasteiger partial charge is 0.190 e. The van der Waals surface area contributed by atoms with Gasteiger partial charge in [0, 0.05) is 17.1 Å². The molecule has 0 saturated heterocycles. The molecule has 0 atom stereocenters. The Morgan fingerprint density at radius 1 is 1.42 bits per heavy atom. The highest BCUT2D eigenvalue weighted by Gasteiger charge is 2.06. The summed E-state index contributed by atoms with van der Waals surface area (Å²) < 4.78 is 0. The summed E-state index contributed by atoms with van der Waals surface area (Å²) in [6, 6.07) is 1.57. The molecule has 0 fully saturated rings. The third-order valence-electron chi connectivity index (χ3n) is 2.08. The van der Waals surface area contributed by atoms with Gasteiger partial charge in [0.1, 0.15) is 4.83 Å². The van der Waals surface area contributed by atoms with E-state index in [-0.39, 0.29) is 5.43 Å². The van der Waals surface area contributed by atoms with Crippen LogP contribution in [0.1, 0.15) is 10.4 Å². The summed E-state index contributed by atoms with van der Waals surface area (Å²) in [6.45, 7) is 4.02. The molecule has 0 aromatic carbocycles. The van der Waals surface area contributed by atoms with Gasteiger partial charge < -0.3 is 4.98 Å². The average Bonchev–Trinajstić information content (AvgIpc) is 2.29.